The van der Waals surface area contributed by atoms with Crippen LogP contribution in [0.2, 0.25) is 0 Å². The van der Waals surface area contributed by atoms with Gasteiger partial charge in [-0.1, -0.05) is 6.07 Å². The highest BCUT2D eigenvalue weighted by atomic mass is 19.1. The van der Waals surface area contributed by atoms with Crippen molar-refractivity contribution >= 4 is 17.4 Å². The van der Waals surface area contributed by atoms with Crippen LogP contribution in [0.4, 0.5) is 15.9 Å². The number of hydrogen-bond acceptors (Lipinski definition) is 5. The lowest BCUT2D eigenvalue weighted by molar-refractivity contribution is -0.112. The summed E-state index contributed by atoms with van der Waals surface area (Å²) in [5.41, 5.74) is 0.457. The molecule has 1 aliphatic rings. The van der Waals surface area contributed by atoms with E-state index in [-0.39, 0.29) is 11.4 Å². The Morgan fingerprint density at radius 1 is 1.15 bits per heavy atom. The minimum absolute atomic E-state index is 0.0145. The number of nitriles is 1. The first-order valence-electron chi connectivity index (χ1n) is 8.24. The van der Waals surface area contributed by atoms with Gasteiger partial charge in [-0.15, -0.1) is 0 Å². The molecule has 0 radical (unpaired) electrons. The summed E-state index contributed by atoms with van der Waals surface area (Å²) < 4.78 is 12.9. The predicted molar refractivity (Wildman–Crippen MR) is 96.7 cm³/mol. The molecular formula is C19H18FN5O. The molecule has 0 unspecified atom stereocenters. The van der Waals surface area contributed by atoms with Crippen molar-refractivity contribution < 1.29 is 9.18 Å². The molecule has 0 saturated carbocycles. The molecule has 1 N–H and O–H groups in total. The number of carbonyl (C=O) groups excluding carboxylic acids is 1. The zero-order chi connectivity index (χ0) is 18.4. The maximum absolute atomic E-state index is 12.9. The molecule has 1 amide bonds. The molecule has 1 aromatic heterocycles. The van der Waals surface area contributed by atoms with E-state index in [2.05, 4.69) is 15.2 Å². The lowest BCUT2D eigenvalue weighted by Gasteiger charge is -2.34. The number of nitrogens with one attached hydrogen (secondary N) is 1. The highest BCUT2D eigenvalue weighted by Gasteiger charge is 2.18. The number of pyridine rings is 1. The van der Waals surface area contributed by atoms with E-state index in [1.165, 1.54) is 24.3 Å². The van der Waals surface area contributed by atoms with Gasteiger partial charge in [-0.25, -0.2) is 9.37 Å². The molecule has 0 spiro atoms. The van der Waals surface area contributed by atoms with Gasteiger partial charge in [-0.05, 0) is 36.4 Å². The van der Waals surface area contributed by atoms with E-state index in [0.717, 1.165) is 18.9 Å². The molecule has 6 nitrogen and oxygen atoms in total. The van der Waals surface area contributed by atoms with Gasteiger partial charge in [0, 0.05) is 44.3 Å². The molecule has 1 saturated heterocycles. The summed E-state index contributed by atoms with van der Waals surface area (Å²) in [6.45, 7) is 2.88. The Bertz CT molecular complexity index is 821. The van der Waals surface area contributed by atoms with Gasteiger partial charge in [-0.3, -0.25) is 4.79 Å². The van der Waals surface area contributed by atoms with Gasteiger partial charge in [0.2, 0.25) is 0 Å². The molecular weight excluding hydrogens is 333 g/mol. The van der Waals surface area contributed by atoms with E-state index in [4.69, 9.17) is 0 Å². The number of amides is 1. The minimum atomic E-state index is -0.508. The standard InChI is InChI=1S/C19H18FN5O/c20-16-4-6-17(7-5-16)23-19(26)15(13-21)14-24-9-11-25(12-10-24)18-3-1-2-8-22-18/h1-8,14H,9-12H2,(H,23,26)/b15-14-. The topological polar surface area (TPSA) is 72.3 Å². The summed E-state index contributed by atoms with van der Waals surface area (Å²) in [5, 5.41) is 11.9. The van der Waals surface area contributed by atoms with Crippen LogP contribution >= 0.6 is 0 Å². The summed E-state index contributed by atoms with van der Waals surface area (Å²) >= 11 is 0. The molecule has 3 rings (SSSR count). The molecule has 1 aliphatic heterocycles. The van der Waals surface area contributed by atoms with E-state index < -0.39 is 5.91 Å². The molecule has 26 heavy (non-hydrogen) atoms. The van der Waals surface area contributed by atoms with Crippen molar-refractivity contribution in [1.29, 1.82) is 5.26 Å². The molecule has 2 aromatic rings. The number of carbonyl (C=O) groups is 1. The number of halogens is 1. The number of piperazine rings is 1. The Balaban J connectivity index is 1.60. The van der Waals surface area contributed by atoms with Crippen molar-refractivity contribution in [2.75, 3.05) is 36.4 Å². The van der Waals surface area contributed by atoms with E-state index in [1.54, 1.807) is 12.4 Å². The Kier molecular flexibility index (Phi) is 5.44. The highest BCUT2D eigenvalue weighted by Crippen LogP contribution is 2.14. The van der Waals surface area contributed by atoms with E-state index >= 15 is 0 Å². The van der Waals surface area contributed by atoms with Crippen molar-refractivity contribution in [3.05, 3.63) is 66.3 Å². The quantitative estimate of drug-likeness (QED) is 0.676. The Morgan fingerprint density at radius 3 is 2.50 bits per heavy atom. The van der Waals surface area contributed by atoms with Crippen molar-refractivity contribution in [2.45, 2.75) is 0 Å². The molecule has 0 atom stereocenters. The third-order valence-corrected chi connectivity index (χ3v) is 4.07. The van der Waals surface area contributed by atoms with E-state index in [1.807, 2.05) is 29.2 Å². The third kappa shape index (κ3) is 4.36. The molecule has 1 fully saturated rings. The Labute approximate surface area is 151 Å². The van der Waals surface area contributed by atoms with Gasteiger partial charge < -0.3 is 15.1 Å². The van der Waals surface area contributed by atoms with Crippen LogP contribution in [0.1, 0.15) is 0 Å². The number of anilines is 2. The second kappa shape index (κ2) is 8.12. The van der Waals surface area contributed by atoms with Gasteiger partial charge in [0.15, 0.2) is 0 Å². The minimum Gasteiger partial charge on any atom is -0.373 e. The van der Waals surface area contributed by atoms with E-state index in [9.17, 15) is 14.4 Å². The zero-order valence-electron chi connectivity index (χ0n) is 14.1. The van der Waals surface area contributed by atoms with Gasteiger partial charge in [-0.2, -0.15) is 5.26 Å². The highest BCUT2D eigenvalue weighted by molar-refractivity contribution is 6.06. The van der Waals surface area contributed by atoms with Gasteiger partial charge in [0.1, 0.15) is 23.3 Å². The second-order valence-electron chi connectivity index (χ2n) is 5.83. The summed E-state index contributed by atoms with van der Waals surface area (Å²) in [7, 11) is 0. The molecule has 2 heterocycles. The second-order valence-corrected chi connectivity index (χ2v) is 5.83. The fourth-order valence-electron chi connectivity index (χ4n) is 2.67. The fourth-order valence-corrected chi connectivity index (χ4v) is 2.67. The average molecular weight is 351 g/mol. The monoisotopic (exact) mass is 351 g/mol. The maximum Gasteiger partial charge on any atom is 0.267 e. The average Bonchev–Trinajstić information content (AvgIpc) is 2.69. The lowest BCUT2D eigenvalue weighted by Crippen LogP contribution is -2.44. The van der Waals surface area contributed by atoms with Crippen LogP contribution in [0.25, 0.3) is 0 Å². The zero-order valence-corrected chi connectivity index (χ0v) is 14.1. The number of rotatable bonds is 4. The van der Waals surface area contributed by atoms with Gasteiger partial charge in [0.25, 0.3) is 5.91 Å². The van der Waals surface area contributed by atoms with Crippen molar-refractivity contribution in [2.24, 2.45) is 0 Å². The van der Waals surface area contributed by atoms with Crippen LogP contribution < -0.4 is 10.2 Å². The first kappa shape index (κ1) is 17.4. The molecule has 132 valence electrons. The van der Waals surface area contributed by atoms with Crippen molar-refractivity contribution in [3.63, 3.8) is 0 Å². The summed E-state index contributed by atoms with van der Waals surface area (Å²) in [6, 6.07) is 13.1. The normalized spacial score (nSPS) is 14.7. The fraction of sp³-hybridized carbons (Fsp3) is 0.211. The maximum atomic E-state index is 12.9. The Hall–Kier alpha value is -3.40. The van der Waals surface area contributed by atoms with E-state index in [0.29, 0.717) is 18.8 Å². The van der Waals surface area contributed by atoms with Gasteiger partial charge in [0.05, 0.1) is 0 Å². The van der Waals surface area contributed by atoms with Crippen LogP contribution in [-0.2, 0) is 4.79 Å². The summed E-state index contributed by atoms with van der Waals surface area (Å²) in [5.74, 6) is 0.0294. The number of nitrogens with zero attached hydrogens (tertiary/aromatic N) is 4. The number of hydrogen-bond donors (Lipinski definition) is 1. The molecule has 0 aliphatic carbocycles. The van der Waals surface area contributed by atoms with Crippen LogP contribution in [0.5, 0.6) is 0 Å². The molecule has 0 bridgehead atoms. The third-order valence-electron chi connectivity index (χ3n) is 4.07. The van der Waals surface area contributed by atoms with Gasteiger partial charge >= 0.3 is 0 Å². The summed E-state index contributed by atoms with van der Waals surface area (Å²) in [6.07, 6.45) is 3.34. The van der Waals surface area contributed by atoms with Crippen molar-refractivity contribution in [3.8, 4) is 6.07 Å². The number of benzene rings is 1. The molecule has 7 heteroatoms. The smallest absolute Gasteiger partial charge is 0.267 e. The Morgan fingerprint density at radius 2 is 1.88 bits per heavy atom. The van der Waals surface area contributed by atoms with Crippen LogP contribution in [0.3, 0.4) is 0 Å². The largest absolute Gasteiger partial charge is 0.373 e. The first-order valence-corrected chi connectivity index (χ1v) is 8.24. The summed E-state index contributed by atoms with van der Waals surface area (Å²) in [4.78, 5) is 20.7. The van der Waals surface area contributed by atoms with Crippen molar-refractivity contribution in [1.82, 2.24) is 9.88 Å². The SMILES string of the molecule is N#C/C(=C/N1CCN(c2ccccn2)CC1)C(=O)Nc1ccc(F)cc1. The lowest BCUT2D eigenvalue weighted by atomic mass is 10.2. The molecule has 1 aromatic carbocycles. The first-order chi connectivity index (χ1) is 12.7. The van der Waals surface area contributed by atoms with Crippen LogP contribution in [0, 0.1) is 17.1 Å². The predicted octanol–water partition coefficient (Wildman–Crippen LogP) is 2.39. The van der Waals surface area contributed by atoms with Crippen LogP contribution in [-0.4, -0.2) is 42.0 Å². The number of aromatic nitrogens is 1. The van der Waals surface area contributed by atoms with Crippen LogP contribution in [0.15, 0.2) is 60.4 Å².